The first kappa shape index (κ1) is 16.1. The van der Waals surface area contributed by atoms with Gasteiger partial charge in [-0.05, 0) is 42.8 Å². The third-order valence-corrected chi connectivity index (χ3v) is 4.96. The average Bonchev–Trinajstić information content (AvgIpc) is 3.26. The number of hydrogen-bond acceptors (Lipinski definition) is 1. The van der Waals surface area contributed by atoms with E-state index in [1.54, 1.807) is 12.5 Å². The summed E-state index contributed by atoms with van der Waals surface area (Å²) < 4.78 is 18.8. The number of imidazole rings is 1. The first-order valence-electron chi connectivity index (χ1n) is 8.18. The van der Waals surface area contributed by atoms with Crippen molar-refractivity contribution >= 4 is 26.8 Å². The second kappa shape index (κ2) is 6.48. The molecule has 1 atom stereocenters. The van der Waals surface area contributed by atoms with Crippen molar-refractivity contribution in [2.24, 2.45) is 0 Å². The van der Waals surface area contributed by atoms with E-state index in [1.807, 2.05) is 18.3 Å². The van der Waals surface area contributed by atoms with Crippen molar-refractivity contribution in [1.82, 2.24) is 14.1 Å². The van der Waals surface area contributed by atoms with E-state index >= 15 is 0 Å². The van der Waals surface area contributed by atoms with Gasteiger partial charge in [-0.15, -0.1) is 0 Å². The molecule has 0 aliphatic carbocycles. The molecule has 2 heterocycles. The Labute approximate surface area is 153 Å². The molecule has 0 saturated heterocycles. The SMILES string of the molecule is CCn1ccc2cc(Br)cc(C(c3ccc(F)cc3)n3ccnc3)c21. The maximum Gasteiger partial charge on any atom is 0.123 e. The fourth-order valence-corrected chi connectivity index (χ4v) is 3.89. The molecule has 0 spiro atoms. The lowest BCUT2D eigenvalue weighted by Crippen LogP contribution is -2.12. The summed E-state index contributed by atoms with van der Waals surface area (Å²) in [5.74, 6) is -0.232. The molecule has 25 heavy (non-hydrogen) atoms. The Morgan fingerprint density at radius 1 is 1.12 bits per heavy atom. The third-order valence-electron chi connectivity index (χ3n) is 4.50. The molecule has 4 aromatic rings. The van der Waals surface area contributed by atoms with Gasteiger partial charge in [0.25, 0.3) is 0 Å². The zero-order valence-corrected chi connectivity index (χ0v) is 15.3. The normalized spacial score (nSPS) is 12.6. The molecule has 126 valence electrons. The number of rotatable bonds is 4. The van der Waals surface area contributed by atoms with E-state index in [1.165, 1.54) is 23.0 Å². The summed E-state index contributed by atoms with van der Waals surface area (Å²) in [6.45, 7) is 3.02. The fourth-order valence-electron chi connectivity index (χ4n) is 3.40. The number of benzene rings is 2. The van der Waals surface area contributed by atoms with Crippen molar-refractivity contribution in [3.05, 3.63) is 88.8 Å². The number of aryl methyl sites for hydroxylation is 1. The van der Waals surface area contributed by atoms with Gasteiger partial charge in [0.2, 0.25) is 0 Å². The lowest BCUT2D eigenvalue weighted by atomic mass is 9.96. The number of nitrogens with zero attached hydrogens (tertiary/aromatic N) is 3. The summed E-state index contributed by atoms with van der Waals surface area (Å²) in [7, 11) is 0. The highest BCUT2D eigenvalue weighted by Gasteiger charge is 2.21. The molecular formula is C20H17BrFN3. The molecule has 0 aliphatic heterocycles. The largest absolute Gasteiger partial charge is 0.347 e. The summed E-state index contributed by atoms with van der Waals surface area (Å²) in [6.07, 6.45) is 7.63. The molecule has 0 N–H and O–H groups in total. The van der Waals surface area contributed by atoms with E-state index in [2.05, 4.69) is 61.4 Å². The summed E-state index contributed by atoms with van der Waals surface area (Å²) in [5.41, 5.74) is 3.36. The molecule has 4 rings (SSSR count). The maximum atomic E-state index is 13.5. The molecule has 0 radical (unpaired) electrons. The Hall–Kier alpha value is -2.40. The molecule has 0 fully saturated rings. The van der Waals surface area contributed by atoms with Crippen LogP contribution in [0.1, 0.15) is 24.1 Å². The highest BCUT2D eigenvalue weighted by atomic mass is 79.9. The predicted octanol–water partition coefficient (Wildman–Crippen LogP) is 5.40. The standard InChI is InChI=1S/C20H17BrFN3/c1-2-24-9-7-15-11-16(21)12-18(20(15)24)19(25-10-8-23-13-25)14-3-5-17(22)6-4-14/h3-13,19H,2H2,1H3. The van der Waals surface area contributed by atoms with Gasteiger partial charge in [0.05, 0.1) is 17.9 Å². The van der Waals surface area contributed by atoms with Gasteiger partial charge >= 0.3 is 0 Å². The van der Waals surface area contributed by atoms with Crippen LogP contribution in [0.2, 0.25) is 0 Å². The van der Waals surface area contributed by atoms with Crippen LogP contribution in [0.3, 0.4) is 0 Å². The summed E-state index contributed by atoms with van der Waals surface area (Å²) in [5, 5.41) is 1.18. The van der Waals surface area contributed by atoms with E-state index in [4.69, 9.17) is 0 Å². The first-order valence-corrected chi connectivity index (χ1v) is 8.98. The monoisotopic (exact) mass is 397 g/mol. The molecule has 1 unspecified atom stereocenters. The molecule has 2 aromatic heterocycles. The van der Waals surface area contributed by atoms with Gasteiger partial charge in [-0.1, -0.05) is 28.1 Å². The molecule has 0 aliphatic rings. The van der Waals surface area contributed by atoms with Crippen LogP contribution in [0.4, 0.5) is 4.39 Å². The number of hydrogen-bond donors (Lipinski definition) is 0. The summed E-state index contributed by atoms with van der Waals surface area (Å²) >= 11 is 3.64. The van der Waals surface area contributed by atoms with E-state index in [0.29, 0.717) is 0 Å². The van der Waals surface area contributed by atoms with Gasteiger partial charge < -0.3 is 9.13 Å². The summed E-state index contributed by atoms with van der Waals surface area (Å²) in [6, 6.07) is 13.0. The minimum absolute atomic E-state index is 0.0803. The number of halogens is 2. The molecular weight excluding hydrogens is 381 g/mol. The molecule has 0 saturated carbocycles. The average molecular weight is 398 g/mol. The van der Waals surface area contributed by atoms with Crippen LogP contribution in [0.5, 0.6) is 0 Å². The van der Waals surface area contributed by atoms with Crippen LogP contribution in [0, 0.1) is 5.82 Å². The van der Waals surface area contributed by atoms with Crippen molar-refractivity contribution in [3.63, 3.8) is 0 Å². The van der Waals surface area contributed by atoms with Crippen molar-refractivity contribution in [2.75, 3.05) is 0 Å². The highest BCUT2D eigenvalue weighted by Crippen LogP contribution is 2.35. The van der Waals surface area contributed by atoms with Crippen molar-refractivity contribution in [2.45, 2.75) is 19.5 Å². The lowest BCUT2D eigenvalue weighted by Gasteiger charge is -2.22. The second-order valence-electron chi connectivity index (χ2n) is 6.00. The molecule has 5 heteroatoms. The molecule has 3 nitrogen and oxygen atoms in total. The van der Waals surface area contributed by atoms with Crippen LogP contribution >= 0.6 is 15.9 Å². The van der Waals surface area contributed by atoms with E-state index in [9.17, 15) is 4.39 Å². The van der Waals surface area contributed by atoms with Gasteiger partial charge in [0.1, 0.15) is 5.82 Å². The molecule has 0 bridgehead atoms. The van der Waals surface area contributed by atoms with Gasteiger partial charge in [-0.25, -0.2) is 9.37 Å². The van der Waals surface area contributed by atoms with Gasteiger partial charge in [-0.2, -0.15) is 0 Å². The van der Waals surface area contributed by atoms with E-state index in [0.717, 1.165) is 22.1 Å². The van der Waals surface area contributed by atoms with Gasteiger partial charge in [0.15, 0.2) is 0 Å². The fraction of sp³-hybridized carbons (Fsp3) is 0.150. The Kier molecular flexibility index (Phi) is 4.17. The quantitative estimate of drug-likeness (QED) is 0.452. The van der Waals surface area contributed by atoms with Crippen LogP contribution in [-0.4, -0.2) is 14.1 Å². The zero-order chi connectivity index (χ0) is 17.4. The first-order chi connectivity index (χ1) is 12.2. The van der Waals surface area contributed by atoms with Crippen molar-refractivity contribution in [1.29, 1.82) is 0 Å². The van der Waals surface area contributed by atoms with Crippen LogP contribution in [-0.2, 0) is 6.54 Å². The third kappa shape index (κ3) is 2.89. The van der Waals surface area contributed by atoms with Gasteiger partial charge in [0, 0.05) is 40.6 Å². The van der Waals surface area contributed by atoms with Crippen LogP contribution in [0.25, 0.3) is 10.9 Å². The Bertz CT molecular complexity index is 1000. The van der Waals surface area contributed by atoms with Crippen molar-refractivity contribution < 1.29 is 4.39 Å². The lowest BCUT2D eigenvalue weighted by molar-refractivity contribution is 0.622. The van der Waals surface area contributed by atoms with Crippen molar-refractivity contribution in [3.8, 4) is 0 Å². The van der Waals surface area contributed by atoms with E-state index in [-0.39, 0.29) is 11.9 Å². The minimum atomic E-state index is -0.232. The number of fused-ring (bicyclic) bond motifs is 1. The second-order valence-corrected chi connectivity index (χ2v) is 6.91. The summed E-state index contributed by atoms with van der Waals surface area (Å²) in [4.78, 5) is 4.21. The zero-order valence-electron chi connectivity index (χ0n) is 13.7. The topological polar surface area (TPSA) is 22.8 Å². The predicted molar refractivity (Wildman–Crippen MR) is 101 cm³/mol. The maximum absolute atomic E-state index is 13.5. The van der Waals surface area contributed by atoms with E-state index < -0.39 is 0 Å². The Balaban J connectivity index is 2.01. The Morgan fingerprint density at radius 3 is 2.60 bits per heavy atom. The van der Waals surface area contributed by atoms with Gasteiger partial charge in [-0.3, -0.25) is 0 Å². The highest BCUT2D eigenvalue weighted by molar-refractivity contribution is 9.10. The van der Waals surface area contributed by atoms with Crippen LogP contribution < -0.4 is 0 Å². The smallest absolute Gasteiger partial charge is 0.123 e. The molecule has 2 aromatic carbocycles. The Morgan fingerprint density at radius 2 is 1.92 bits per heavy atom. The number of aromatic nitrogens is 3. The molecule has 0 amide bonds. The minimum Gasteiger partial charge on any atom is -0.347 e. The van der Waals surface area contributed by atoms with Crippen LogP contribution in [0.15, 0.2) is 71.9 Å².